The topological polar surface area (TPSA) is 217 Å². The van der Waals surface area contributed by atoms with E-state index in [1.54, 1.807) is 0 Å². The average Bonchev–Trinajstić information content (AvgIpc) is 3.38. The van der Waals surface area contributed by atoms with Gasteiger partial charge in [-0.3, -0.25) is 19.2 Å². The van der Waals surface area contributed by atoms with Crippen LogP contribution in [0.2, 0.25) is 0 Å². The lowest BCUT2D eigenvalue weighted by Gasteiger charge is -2.39. The van der Waals surface area contributed by atoms with Gasteiger partial charge in [-0.2, -0.15) is 0 Å². The first-order valence-corrected chi connectivity index (χ1v) is 12.9. The third-order valence-electron chi connectivity index (χ3n) is 8.41. The van der Waals surface area contributed by atoms with Crippen LogP contribution >= 0.6 is 0 Å². The lowest BCUT2D eigenvalue weighted by molar-refractivity contribution is -0.257. The van der Waals surface area contributed by atoms with E-state index in [4.69, 9.17) is 14.2 Å². The number of hydrogen-bond acceptors (Lipinski definition) is 11. The smallest absolute Gasteiger partial charge is 0.317 e. The molecular weight excluding hydrogens is 520 g/mol. The van der Waals surface area contributed by atoms with E-state index in [0.717, 1.165) is 0 Å². The minimum absolute atomic E-state index is 0.0378. The van der Waals surface area contributed by atoms with Gasteiger partial charge in [-0.05, 0) is 26.7 Å². The predicted molar refractivity (Wildman–Crippen MR) is 127 cm³/mol. The van der Waals surface area contributed by atoms with Gasteiger partial charge >= 0.3 is 23.9 Å². The molecule has 10 unspecified atom stereocenters. The van der Waals surface area contributed by atoms with E-state index in [0.29, 0.717) is 0 Å². The summed E-state index contributed by atoms with van der Waals surface area (Å²) in [7, 11) is 0. The van der Waals surface area contributed by atoms with Crippen molar-refractivity contribution in [2.24, 2.45) is 35.5 Å². The summed E-state index contributed by atoms with van der Waals surface area (Å²) in [6.07, 6.45) is 0.315. The fourth-order valence-electron chi connectivity index (χ4n) is 6.42. The molecule has 6 N–H and O–H groups in total. The highest BCUT2D eigenvalue weighted by Gasteiger charge is 2.53. The molecule has 0 saturated carbocycles. The molecular formula is C26H34O13. The molecule has 0 aromatic carbocycles. The summed E-state index contributed by atoms with van der Waals surface area (Å²) in [6, 6.07) is 0. The van der Waals surface area contributed by atoms with Crippen molar-refractivity contribution >= 4 is 23.9 Å². The van der Waals surface area contributed by atoms with Crippen molar-refractivity contribution in [2.45, 2.75) is 76.5 Å². The Morgan fingerprint density at radius 1 is 0.769 bits per heavy atom. The Balaban J connectivity index is 1.56. The van der Waals surface area contributed by atoms with E-state index in [1.165, 1.54) is 26.0 Å². The van der Waals surface area contributed by atoms with Gasteiger partial charge in [0.25, 0.3) is 0 Å². The van der Waals surface area contributed by atoms with Gasteiger partial charge in [0.15, 0.2) is 24.2 Å². The number of rotatable bonds is 6. The van der Waals surface area contributed by atoms with Crippen LogP contribution in [0.15, 0.2) is 23.3 Å². The van der Waals surface area contributed by atoms with Crippen molar-refractivity contribution < 1.29 is 64.0 Å². The number of carboxylic acid groups (broad SMARTS) is 2. The summed E-state index contributed by atoms with van der Waals surface area (Å²) >= 11 is 0. The van der Waals surface area contributed by atoms with Gasteiger partial charge in [0.05, 0.1) is 23.7 Å². The quantitative estimate of drug-likeness (QED) is 0.148. The maximum atomic E-state index is 13.3. The van der Waals surface area contributed by atoms with Crippen molar-refractivity contribution in [1.82, 2.24) is 0 Å². The Morgan fingerprint density at radius 3 is 1.41 bits per heavy atom. The Bertz CT molecular complexity index is 1010. The van der Waals surface area contributed by atoms with E-state index in [2.05, 4.69) is 0 Å². The van der Waals surface area contributed by atoms with E-state index >= 15 is 0 Å². The molecule has 0 aromatic heterocycles. The molecule has 2 aliphatic carbocycles. The van der Waals surface area contributed by atoms with Crippen molar-refractivity contribution in [3.8, 4) is 0 Å². The van der Waals surface area contributed by atoms with Crippen molar-refractivity contribution in [2.75, 3.05) is 0 Å². The Labute approximate surface area is 223 Å². The molecule has 2 saturated heterocycles. The molecule has 39 heavy (non-hydrogen) atoms. The van der Waals surface area contributed by atoms with Crippen molar-refractivity contribution in [3.05, 3.63) is 23.3 Å². The second-order valence-electron chi connectivity index (χ2n) is 11.0. The van der Waals surface area contributed by atoms with Gasteiger partial charge in [0, 0.05) is 37.5 Å². The largest absolute Gasteiger partial charge is 0.481 e. The van der Waals surface area contributed by atoms with E-state index in [-0.39, 0.29) is 49.7 Å². The first-order chi connectivity index (χ1) is 18.1. The van der Waals surface area contributed by atoms with Crippen LogP contribution < -0.4 is 0 Å². The van der Waals surface area contributed by atoms with Gasteiger partial charge in [-0.25, -0.2) is 0 Å². The van der Waals surface area contributed by atoms with Crippen LogP contribution in [0.25, 0.3) is 0 Å². The Hall–Kier alpha value is -2.68. The molecule has 13 nitrogen and oxygen atoms in total. The maximum absolute atomic E-state index is 13.3. The monoisotopic (exact) mass is 554 g/mol. The minimum atomic E-state index is -1.85. The predicted octanol–water partition coefficient (Wildman–Crippen LogP) is 0.257. The van der Waals surface area contributed by atoms with Crippen LogP contribution in [0.1, 0.15) is 52.4 Å². The van der Waals surface area contributed by atoms with Gasteiger partial charge in [0.2, 0.25) is 0 Å². The number of carboxylic acids is 2. The van der Waals surface area contributed by atoms with Crippen molar-refractivity contribution in [1.29, 1.82) is 0 Å². The normalized spacial score (nSPS) is 42.4. The summed E-state index contributed by atoms with van der Waals surface area (Å²) in [5, 5.41) is 60.9. The fraction of sp³-hybridized carbons (Fsp3) is 0.692. The number of esters is 2. The summed E-state index contributed by atoms with van der Waals surface area (Å²) in [5.41, 5.74) is 0.455. The molecule has 0 bridgehead atoms. The number of ether oxygens (including phenoxy) is 3. The summed E-state index contributed by atoms with van der Waals surface area (Å²) in [5.74, 6) is -16.1. The van der Waals surface area contributed by atoms with Crippen molar-refractivity contribution in [3.63, 3.8) is 0 Å². The molecule has 13 heteroatoms. The van der Waals surface area contributed by atoms with Gasteiger partial charge in [-0.15, -0.1) is 0 Å². The Kier molecular flexibility index (Phi) is 8.05. The van der Waals surface area contributed by atoms with Gasteiger partial charge in [-0.1, -0.05) is 23.3 Å². The number of carbonyl (C=O) groups excluding carboxylic acids is 2. The molecule has 10 atom stereocenters. The average molecular weight is 555 g/mol. The van der Waals surface area contributed by atoms with Crippen LogP contribution in [0.3, 0.4) is 0 Å². The zero-order valence-corrected chi connectivity index (χ0v) is 21.6. The zero-order chi connectivity index (χ0) is 28.9. The highest BCUT2D eigenvalue weighted by Crippen LogP contribution is 2.46. The third-order valence-corrected chi connectivity index (χ3v) is 8.41. The lowest BCUT2D eigenvalue weighted by atomic mass is 9.71. The summed E-state index contributed by atoms with van der Waals surface area (Å²) < 4.78 is 15.6. The summed E-state index contributed by atoms with van der Waals surface area (Å²) in [6.45, 7) is 2.91. The first kappa shape index (κ1) is 29.3. The second-order valence-corrected chi connectivity index (χ2v) is 11.0. The SMILES string of the molecule is CC1=CC(C2(O)CCC(O)O2)CC(C(=O)OC(=O)C2CC(C3(O)CCC(O)O3)C=C(C)C2C(=O)O)C1C(=O)O. The van der Waals surface area contributed by atoms with Gasteiger partial charge in [0.1, 0.15) is 0 Å². The van der Waals surface area contributed by atoms with Crippen LogP contribution in [0.4, 0.5) is 0 Å². The van der Waals surface area contributed by atoms with Gasteiger partial charge < -0.3 is 44.8 Å². The maximum Gasteiger partial charge on any atom is 0.317 e. The number of hydrogen-bond donors (Lipinski definition) is 6. The number of aliphatic hydroxyl groups is 4. The highest BCUT2D eigenvalue weighted by molar-refractivity contribution is 5.93. The van der Waals surface area contributed by atoms with Crippen LogP contribution in [0.5, 0.6) is 0 Å². The summed E-state index contributed by atoms with van der Waals surface area (Å²) in [4.78, 5) is 50.6. The molecule has 2 heterocycles. The first-order valence-electron chi connectivity index (χ1n) is 12.9. The molecule has 2 aliphatic heterocycles. The van der Waals surface area contributed by atoms with E-state index < -0.39 is 83.5 Å². The molecule has 0 spiro atoms. The Morgan fingerprint density at radius 2 is 1.13 bits per heavy atom. The van der Waals surface area contributed by atoms with E-state index in [9.17, 15) is 49.8 Å². The molecule has 0 amide bonds. The molecule has 216 valence electrons. The molecule has 0 aromatic rings. The lowest BCUT2D eigenvalue weighted by Crippen LogP contribution is -2.47. The van der Waals surface area contributed by atoms with Crippen LogP contribution in [0, 0.1) is 35.5 Å². The third kappa shape index (κ3) is 5.65. The van der Waals surface area contributed by atoms with E-state index in [1.807, 2.05) is 0 Å². The minimum Gasteiger partial charge on any atom is -0.481 e. The van der Waals surface area contributed by atoms with Crippen LogP contribution in [-0.2, 0) is 33.4 Å². The molecule has 0 radical (unpaired) electrons. The zero-order valence-electron chi connectivity index (χ0n) is 21.6. The number of carbonyl (C=O) groups is 4. The van der Waals surface area contributed by atoms with Crippen LogP contribution in [-0.4, -0.2) is 78.7 Å². The molecule has 4 aliphatic rings. The number of aliphatic carboxylic acids is 2. The second kappa shape index (κ2) is 10.7. The number of aliphatic hydroxyl groups excluding tert-OH is 2. The fourth-order valence-corrected chi connectivity index (χ4v) is 6.42. The molecule has 4 rings (SSSR count). The highest BCUT2D eigenvalue weighted by atomic mass is 16.7. The standard InChI is InChI=1S/C26H34O13/c1-11-7-13(25(35)5-3-17(27)38-25)9-15(19(11)21(29)30)23(33)37-24(34)16-10-14(8-12(2)20(16)22(31)32)26(36)6-4-18(28)39-26/h7-8,13-20,27-28,35-36H,3-6,9-10H2,1-2H3,(H,29,30)(H,31,32). The molecule has 2 fully saturated rings.